The molecule has 1 amide bonds. The van der Waals surface area contributed by atoms with Crippen molar-refractivity contribution in [2.45, 2.75) is 46.0 Å². The molecule has 0 radical (unpaired) electrons. The van der Waals surface area contributed by atoms with Crippen LogP contribution in [0.3, 0.4) is 0 Å². The van der Waals surface area contributed by atoms with Crippen molar-refractivity contribution in [2.75, 3.05) is 11.4 Å². The van der Waals surface area contributed by atoms with Crippen LogP contribution in [0.15, 0.2) is 10.6 Å². The maximum absolute atomic E-state index is 12.0. The molecule has 1 saturated heterocycles. The molecule has 1 fully saturated rings. The van der Waals surface area contributed by atoms with Crippen LogP contribution in [0.25, 0.3) is 0 Å². The minimum absolute atomic E-state index is 0.0737. The second-order valence-electron chi connectivity index (χ2n) is 5.83. The molecule has 4 nitrogen and oxygen atoms in total. The van der Waals surface area contributed by atoms with Gasteiger partial charge in [-0.1, -0.05) is 32.9 Å². The minimum atomic E-state index is -0.0737. The first-order valence-corrected chi connectivity index (χ1v) is 6.18. The Labute approximate surface area is 102 Å². The molecule has 1 atom stereocenters. The van der Waals surface area contributed by atoms with Crippen molar-refractivity contribution in [2.24, 2.45) is 5.92 Å². The summed E-state index contributed by atoms with van der Waals surface area (Å²) < 4.78 is 5.32. The van der Waals surface area contributed by atoms with Gasteiger partial charge in [-0.15, -0.1) is 0 Å². The van der Waals surface area contributed by atoms with Crippen LogP contribution >= 0.6 is 0 Å². The van der Waals surface area contributed by atoms with E-state index >= 15 is 0 Å². The fourth-order valence-corrected chi connectivity index (χ4v) is 2.03. The molecule has 1 aromatic heterocycles. The predicted molar refractivity (Wildman–Crippen MR) is 66.0 cm³/mol. The second-order valence-corrected chi connectivity index (χ2v) is 5.83. The SMILES string of the molecule is CC1CCCN(c2cc(C(C)(C)C)on2)C1=O. The summed E-state index contributed by atoms with van der Waals surface area (Å²) >= 11 is 0. The molecule has 0 aliphatic carbocycles. The van der Waals surface area contributed by atoms with E-state index in [4.69, 9.17) is 4.52 Å². The fraction of sp³-hybridized carbons (Fsp3) is 0.692. The number of carbonyl (C=O) groups excluding carboxylic acids is 1. The molecule has 1 aliphatic rings. The Bertz CT molecular complexity index is 417. The highest BCUT2D eigenvalue weighted by Gasteiger charge is 2.29. The quantitative estimate of drug-likeness (QED) is 0.753. The van der Waals surface area contributed by atoms with E-state index in [0.29, 0.717) is 5.82 Å². The van der Waals surface area contributed by atoms with Crippen molar-refractivity contribution in [3.05, 3.63) is 11.8 Å². The summed E-state index contributed by atoms with van der Waals surface area (Å²) in [6.07, 6.45) is 2.00. The lowest BCUT2D eigenvalue weighted by Crippen LogP contribution is -2.40. The van der Waals surface area contributed by atoms with Crippen LogP contribution in [0, 0.1) is 5.92 Å². The summed E-state index contributed by atoms with van der Waals surface area (Å²) in [5.41, 5.74) is -0.0737. The Morgan fingerprint density at radius 3 is 2.76 bits per heavy atom. The molecule has 17 heavy (non-hydrogen) atoms. The molecule has 2 heterocycles. The van der Waals surface area contributed by atoms with Crippen molar-refractivity contribution < 1.29 is 9.32 Å². The molecule has 0 spiro atoms. The van der Waals surface area contributed by atoms with Crippen LogP contribution in [-0.2, 0) is 10.2 Å². The third kappa shape index (κ3) is 2.35. The zero-order valence-electron chi connectivity index (χ0n) is 11.0. The number of piperidine rings is 1. The van der Waals surface area contributed by atoms with Gasteiger partial charge >= 0.3 is 0 Å². The molecule has 0 aromatic carbocycles. The second kappa shape index (κ2) is 4.17. The molecule has 94 valence electrons. The van der Waals surface area contributed by atoms with Gasteiger partial charge in [-0.05, 0) is 12.8 Å². The lowest BCUT2D eigenvalue weighted by molar-refractivity contribution is -0.123. The molecule has 1 aromatic rings. The van der Waals surface area contributed by atoms with Gasteiger partial charge in [0.2, 0.25) is 5.91 Å². The molecule has 0 N–H and O–H groups in total. The third-order valence-corrected chi connectivity index (χ3v) is 3.22. The topological polar surface area (TPSA) is 46.3 Å². The highest BCUT2D eigenvalue weighted by atomic mass is 16.5. The zero-order valence-corrected chi connectivity index (χ0v) is 11.0. The van der Waals surface area contributed by atoms with Gasteiger partial charge in [-0.2, -0.15) is 0 Å². The van der Waals surface area contributed by atoms with Gasteiger partial charge in [0, 0.05) is 23.9 Å². The number of nitrogens with zero attached hydrogens (tertiary/aromatic N) is 2. The Morgan fingerprint density at radius 2 is 2.18 bits per heavy atom. The van der Waals surface area contributed by atoms with Gasteiger partial charge in [-0.25, -0.2) is 0 Å². The van der Waals surface area contributed by atoms with E-state index in [1.807, 2.05) is 13.0 Å². The number of hydrogen-bond donors (Lipinski definition) is 0. The van der Waals surface area contributed by atoms with Gasteiger partial charge in [0.1, 0.15) is 5.76 Å². The lowest BCUT2D eigenvalue weighted by Gasteiger charge is -2.28. The van der Waals surface area contributed by atoms with Gasteiger partial charge in [-0.3, -0.25) is 9.69 Å². The minimum Gasteiger partial charge on any atom is -0.359 e. The summed E-state index contributed by atoms with van der Waals surface area (Å²) in [4.78, 5) is 13.8. The number of carbonyl (C=O) groups is 1. The van der Waals surface area contributed by atoms with Gasteiger partial charge in [0.25, 0.3) is 0 Å². The van der Waals surface area contributed by atoms with Crippen molar-refractivity contribution in [1.82, 2.24) is 5.16 Å². The molecule has 2 rings (SSSR count). The van der Waals surface area contributed by atoms with Crippen LogP contribution in [-0.4, -0.2) is 17.6 Å². The highest BCUT2D eigenvalue weighted by Crippen LogP contribution is 2.28. The average Bonchev–Trinajstić information content (AvgIpc) is 2.70. The molecular weight excluding hydrogens is 216 g/mol. The number of aromatic nitrogens is 1. The first kappa shape index (κ1) is 12.1. The van der Waals surface area contributed by atoms with Crippen LogP contribution in [0.5, 0.6) is 0 Å². The standard InChI is InChI=1S/C13H20N2O2/c1-9-6-5-7-15(12(9)16)11-8-10(17-14-11)13(2,3)4/h8-9H,5-7H2,1-4H3. The Kier molecular flexibility index (Phi) is 2.98. The summed E-state index contributed by atoms with van der Waals surface area (Å²) in [6.45, 7) is 8.92. The predicted octanol–water partition coefficient (Wildman–Crippen LogP) is 2.74. The van der Waals surface area contributed by atoms with Gasteiger partial charge in [0.15, 0.2) is 5.82 Å². The maximum Gasteiger partial charge on any atom is 0.231 e. The third-order valence-electron chi connectivity index (χ3n) is 3.22. The number of anilines is 1. The van der Waals surface area contributed by atoms with Crippen molar-refractivity contribution in [3.8, 4) is 0 Å². The number of amides is 1. The van der Waals surface area contributed by atoms with Crippen molar-refractivity contribution in [1.29, 1.82) is 0 Å². The van der Waals surface area contributed by atoms with E-state index in [2.05, 4.69) is 25.9 Å². The monoisotopic (exact) mass is 236 g/mol. The summed E-state index contributed by atoms with van der Waals surface area (Å²) in [6, 6.07) is 1.88. The van der Waals surface area contributed by atoms with E-state index in [1.54, 1.807) is 4.90 Å². The first-order chi connectivity index (χ1) is 7.89. The molecule has 1 unspecified atom stereocenters. The smallest absolute Gasteiger partial charge is 0.231 e. The summed E-state index contributed by atoms with van der Waals surface area (Å²) in [5.74, 6) is 1.73. The van der Waals surface area contributed by atoms with Crippen LogP contribution in [0.4, 0.5) is 5.82 Å². The summed E-state index contributed by atoms with van der Waals surface area (Å²) in [5, 5.41) is 4.02. The molecule has 0 saturated carbocycles. The van der Waals surface area contributed by atoms with Gasteiger partial charge < -0.3 is 4.52 Å². The highest BCUT2D eigenvalue weighted by molar-refractivity contribution is 5.94. The maximum atomic E-state index is 12.0. The van der Waals surface area contributed by atoms with Crippen LogP contribution in [0.2, 0.25) is 0 Å². The van der Waals surface area contributed by atoms with E-state index in [0.717, 1.165) is 25.1 Å². The molecular formula is C13H20N2O2. The van der Waals surface area contributed by atoms with Crippen LogP contribution in [0.1, 0.15) is 46.3 Å². The average molecular weight is 236 g/mol. The Balaban J connectivity index is 2.23. The van der Waals surface area contributed by atoms with Crippen LogP contribution < -0.4 is 4.90 Å². The van der Waals surface area contributed by atoms with E-state index in [-0.39, 0.29) is 17.2 Å². The van der Waals surface area contributed by atoms with Crippen molar-refractivity contribution in [3.63, 3.8) is 0 Å². The Hall–Kier alpha value is -1.32. The Morgan fingerprint density at radius 1 is 1.47 bits per heavy atom. The fourth-order valence-electron chi connectivity index (χ4n) is 2.03. The largest absolute Gasteiger partial charge is 0.359 e. The lowest BCUT2D eigenvalue weighted by atomic mass is 9.93. The van der Waals surface area contributed by atoms with E-state index < -0.39 is 0 Å². The molecule has 0 bridgehead atoms. The van der Waals surface area contributed by atoms with Crippen molar-refractivity contribution >= 4 is 11.7 Å². The normalized spacial score (nSPS) is 22.0. The molecule has 1 aliphatic heterocycles. The number of hydrogen-bond acceptors (Lipinski definition) is 3. The zero-order chi connectivity index (χ0) is 12.6. The van der Waals surface area contributed by atoms with E-state index in [9.17, 15) is 4.79 Å². The number of rotatable bonds is 1. The first-order valence-electron chi connectivity index (χ1n) is 6.18. The summed E-state index contributed by atoms with van der Waals surface area (Å²) in [7, 11) is 0. The molecule has 4 heteroatoms. The van der Waals surface area contributed by atoms with Gasteiger partial charge in [0.05, 0.1) is 0 Å². The van der Waals surface area contributed by atoms with E-state index in [1.165, 1.54) is 0 Å².